The molecule has 2 N–H and O–H groups in total. The molecule has 1 atom stereocenters. The number of nitrogens with two attached hydrogens (primary N) is 1. The van der Waals surface area contributed by atoms with E-state index in [0.717, 1.165) is 12.8 Å². The van der Waals surface area contributed by atoms with Crippen molar-refractivity contribution in [1.82, 2.24) is 10.2 Å². The molecule has 1 heterocycles. The van der Waals surface area contributed by atoms with Gasteiger partial charge in [0.15, 0.2) is 0 Å². The fraction of sp³-hybridized carbons (Fsp3) is 0.545. The highest BCUT2D eigenvalue weighted by molar-refractivity contribution is 7.80. The van der Waals surface area contributed by atoms with Crippen LogP contribution >= 0.6 is 12.2 Å². The number of ether oxygens (including phenoxy) is 1. The molecular formula is C11H17N3OS. The molecule has 1 aromatic rings. The number of aromatic nitrogens is 2. The first-order valence-corrected chi connectivity index (χ1v) is 5.80. The molecule has 0 fully saturated rings. The highest BCUT2D eigenvalue weighted by Gasteiger charge is 2.09. The lowest BCUT2D eigenvalue weighted by molar-refractivity contribution is 0.240. The summed E-state index contributed by atoms with van der Waals surface area (Å²) in [7, 11) is 0. The van der Waals surface area contributed by atoms with Crippen LogP contribution in [0.3, 0.4) is 0 Å². The molecule has 0 amide bonds. The zero-order valence-corrected chi connectivity index (χ0v) is 10.5. The van der Waals surface area contributed by atoms with Gasteiger partial charge in [-0.15, -0.1) is 5.10 Å². The summed E-state index contributed by atoms with van der Waals surface area (Å²) in [6, 6.07) is 1.72. The summed E-state index contributed by atoms with van der Waals surface area (Å²) in [4.78, 5) is 0.285. The lowest BCUT2D eigenvalue weighted by Crippen LogP contribution is -2.16. The Hall–Kier alpha value is -1.23. The van der Waals surface area contributed by atoms with Gasteiger partial charge < -0.3 is 10.5 Å². The van der Waals surface area contributed by atoms with Gasteiger partial charge in [0.05, 0.1) is 18.4 Å². The van der Waals surface area contributed by atoms with Crippen LogP contribution in [-0.2, 0) is 0 Å². The fourth-order valence-electron chi connectivity index (χ4n) is 1.41. The van der Waals surface area contributed by atoms with E-state index in [-0.39, 0.29) is 4.99 Å². The van der Waals surface area contributed by atoms with Crippen LogP contribution in [0, 0.1) is 5.92 Å². The molecule has 0 aliphatic heterocycles. The Labute approximate surface area is 101 Å². The normalized spacial score (nSPS) is 12.1. The van der Waals surface area contributed by atoms with Gasteiger partial charge in [0.1, 0.15) is 4.99 Å². The van der Waals surface area contributed by atoms with Crippen molar-refractivity contribution >= 4 is 17.2 Å². The van der Waals surface area contributed by atoms with Gasteiger partial charge in [0.2, 0.25) is 5.88 Å². The zero-order chi connectivity index (χ0) is 12.0. The average Bonchev–Trinajstić information content (AvgIpc) is 2.27. The zero-order valence-electron chi connectivity index (χ0n) is 9.64. The van der Waals surface area contributed by atoms with Gasteiger partial charge in [-0.3, -0.25) is 0 Å². The molecule has 0 bridgehead atoms. The minimum atomic E-state index is 0.285. The van der Waals surface area contributed by atoms with Crippen molar-refractivity contribution in [3.8, 4) is 5.88 Å². The molecule has 0 spiro atoms. The maximum atomic E-state index is 5.57. The van der Waals surface area contributed by atoms with Crippen molar-refractivity contribution in [3.63, 3.8) is 0 Å². The highest BCUT2D eigenvalue weighted by atomic mass is 32.1. The Morgan fingerprint density at radius 1 is 1.62 bits per heavy atom. The molecule has 0 radical (unpaired) electrons. The third-order valence-electron chi connectivity index (χ3n) is 2.24. The van der Waals surface area contributed by atoms with E-state index in [1.165, 1.54) is 0 Å². The lowest BCUT2D eigenvalue weighted by atomic mass is 10.1. The average molecular weight is 239 g/mol. The van der Waals surface area contributed by atoms with Crippen LogP contribution in [0.15, 0.2) is 12.3 Å². The van der Waals surface area contributed by atoms with Crippen LogP contribution in [0.1, 0.15) is 32.3 Å². The van der Waals surface area contributed by atoms with E-state index in [0.29, 0.717) is 24.0 Å². The van der Waals surface area contributed by atoms with Gasteiger partial charge in [-0.2, -0.15) is 5.10 Å². The SMILES string of the molecule is CCCC(C)COc1nnccc1C(N)=S. The first kappa shape index (κ1) is 12.8. The Kier molecular flexibility index (Phi) is 5.11. The largest absolute Gasteiger partial charge is 0.476 e. The second-order valence-corrected chi connectivity index (χ2v) is 4.26. The van der Waals surface area contributed by atoms with Gasteiger partial charge >= 0.3 is 0 Å². The molecule has 0 saturated carbocycles. The van der Waals surface area contributed by atoms with Crippen molar-refractivity contribution in [1.29, 1.82) is 0 Å². The van der Waals surface area contributed by atoms with Crippen molar-refractivity contribution in [2.45, 2.75) is 26.7 Å². The number of hydrogen-bond donors (Lipinski definition) is 1. The molecule has 1 rings (SSSR count). The Morgan fingerprint density at radius 2 is 2.38 bits per heavy atom. The van der Waals surface area contributed by atoms with Crippen LogP contribution in [-0.4, -0.2) is 21.8 Å². The van der Waals surface area contributed by atoms with E-state index in [9.17, 15) is 0 Å². The first-order chi connectivity index (χ1) is 7.65. The van der Waals surface area contributed by atoms with Crippen molar-refractivity contribution in [3.05, 3.63) is 17.8 Å². The number of thiocarbonyl (C=S) groups is 1. The number of nitrogens with zero attached hydrogens (tertiary/aromatic N) is 2. The molecule has 1 aromatic heterocycles. The number of rotatable bonds is 6. The molecule has 0 aromatic carbocycles. The first-order valence-electron chi connectivity index (χ1n) is 5.39. The monoisotopic (exact) mass is 239 g/mol. The molecule has 4 nitrogen and oxygen atoms in total. The summed E-state index contributed by atoms with van der Waals surface area (Å²) in [5.41, 5.74) is 6.21. The van der Waals surface area contributed by atoms with Gasteiger partial charge in [-0.1, -0.05) is 32.5 Å². The van der Waals surface area contributed by atoms with Gasteiger partial charge in [-0.05, 0) is 18.4 Å². The molecular weight excluding hydrogens is 222 g/mol. The standard InChI is InChI=1S/C11H17N3OS/c1-3-4-8(2)7-15-11-9(10(12)16)5-6-13-14-11/h5-6,8H,3-4,7H2,1-2H3,(H2,12,16). The Bertz CT molecular complexity index is 357. The fourth-order valence-corrected chi connectivity index (χ4v) is 1.57. The predicted molar refractivity (Wildman–Crippen MR) is 67.5 cm³/mol. The van der Waals surface area contributed by atoms with Gasteiger partial charge in [0, 0.05) is 0 Å². The third-order valence-corrected chi connectivity index (χ3v) is 2.46. The Balaban J connectivity index is 2.63. The molecule has 16 heavy (non-hydrogen) atoms. The second-order valence-electron chi connectivity index (χ2n) is 3.82. The summed E-state index contributed by atoms with van der Waals surface area (Å²) in [6.45, 7) is 4.90. The lowest BCUT2D eigenvalue weighted by Gasteiger charge is -2.12. The summed E-state index contributed by atoms with van der Waals surface area (Å²) >= 11 is 4.91. The van der Waals surface area contributed by atoms with Crippen molar-refractivity contribution in [2.75, 3.05) is 6.61 Å². The minimum absolute atomic E-state index is 0.285. The molecule has 5 heteroatoms. The highest BCUT2D eigenvalue weighted by Crippen LogP contribution is 2.15. The minimum Gasteiger partial charge on any atom is -0.476 e. The van der Waals surface area contributed by atoms with Crippen LogP contribution in [0.25, 0.3) is 0 Å². The molecule has 0 saturated heterocycles. The summed E-state index contributed by atoms with van der Waals surface area (Å²) in [5, 5.41) is 7.65. The molecule has 0 aliphatic rings. The second kappa shape index (κ2) is 6.37. The molecule has 0 aliphatic carbocycles. The van der Waals surface area contributed by atoms with Gasteiger partial charge in [0.25, 0.3) is 0 Å². The number of hydrogen-bond acceptors (Lipinski definition) is 4. The van der Waals surface area contributed by atoms with Crippen LogP contribution in [0.2, 0.25) is 0 Å². The van der Waals surface area contributed by atoms with E-state index in [4.69, 9.17) is 22.7 Å². The van der Waals surface area contributed by atoms with E-state index in [1.807, 2.05) is 0 Å². The van der Waals surface area contributed by atoms with Crippen LogP contribution in [0.4, 0.5) is 0 Å². The topological polar surface area (TPSA) is 61.0 Å². The Morgan fingerprint density at radius 3 is 3.00 bits per heavy atom. The van der Waals surface area contributed by atoms with E-state index >= 15 is 0 Å². The van der Waals surface area contributed by atoms with E-state index in [2.05, 4.69) is 24.0 Å². The van der Waals surface area contributed by atoms with Crippen LogP contribution < -0.4 is 10.5 Å². The third kappa shape index (κ3) is 3.73. The summed E-state index contributed by atoms with van der Waals surface area (Å²) < 4.78 is 5.57. The van der Waals surface area contributed by atoms with Crippen molar-refractivity contribution in [2.24, 2.45) is 11.7 Å². The summed E-state index contributed by atoms with van der Waals surface area (Å²) in [5.74, 6) is 0.921. The van der Waals surface area contributed by atoms with Crippen LogP contribution in [0.5, 0.6) is 5.88 Å². The van der Waals surface area contributed by atoms with Crippen molar-refractivity contribution < 1.29 is 4.74 Å². The summed E-state index contributed by atoms with van der Waals surface area (Å²) in [6.07, 6.45) is 3.83. The maximum absolute atomic E-state index is 5.57. The van der Waals surface area contributed by atoms with Gasteiger partial charge in [-0.25, -0.2) is 0 Å². The van der Waals surface area contributed by atoms with E-state index in [1.54, 1.807) is 12.3 Å². The smallest absolute Gasteiger partial charge is 0.243 e. The predicted octanol–water partition coefficient (Wildman–Crippen LogP) is 1.93. The molecule has 1 unspecified atom stereocenters. The quantitative estimate of drug-likeness (QED) is 0.769. The maximum Gasteiger partial charge on any atom is 0.243 e. The van der Waals surface area contributed by atoms with E-state index < -0.39 is 0 Å². The molecule has 88 valence electrons.